The Bertz CT molecular complexity index is 1870. The maximum absolute atomic E-state index is 14.1. The van der Waals surface area contributed by atoms with Crippen LogP contribution in [0.1, 0.15) is 42.1 Å². The van der Waals surface area contributed by atoms with E-state index in [4.69, 9.17) is 0 Å². The number of hydrogen-bond acceptors (Lipinski definition) is 8. The Morgan fingerprint density at radius 3 is 2.43 bits per heavy atom. The Morgan fingerprint density at radius 2 is 1.72 bits per heavy atom. The van der Waals surface area contributed by atoms with Gasteiger partial charge in [0.1, 0.15) is 0 Å². The van der Waals surface area contributed by atoms with Gasteiger partial charge in [-0.05, 0) is 43.9 Å². The normalized spacial score (nSPS) is 20.2. The first kappa shape index (κ1) is 30.4. The third-order valence-corrected chi connectivity index (χ3v) is 10.6. The Kier molecular flexibility index (Phi) is 8.50. The minimum absolute atomic E-state index is 0.0597. The summed E-state index contributed by atoms with van der Waals surface area (Å²) in [6, 6.07) is 20.3. The summed E-state index contributed by atoms with van der Waals surface area (Å²) >= 11 is 1.51. The molecular formula is C36H38N6O3S. The van der Waals surface area contributed by atoms with Gasteiger partial charge in [-0.15, -0.1) is 11.3 Å². The van der Waals surface area contributed by atoms with E-state index in [9.17, 15) is 14.7 Å². The molecule has 0 radical (unpaired) electrons. The number of likely N-dealkylation sites (tertiary alicyclic amines) is 2. The zero-order valence-electron chi connectivity index (χ0n) is 26.0. The molecule has 2 saturated heterocycles. The summed E-state index contributed by atoms with van der Waals surface area (Å²) in [7, 11) is 0. The Morgan fingerprint density at radius 1 is 0.978 bits per heavy atom. The van der Waals surface area contributed by atoms with Crippen molar-refractivity contribution in [2.75, 3.05) is 26.2 Å². The molecule has 10 heteroatoms. The summed E-state index contributed by atoms with van der Waals surface area (Å²) < 4.78 is 1.53. The van der Waals surface area contributed by atoms with Crippen LogP contribution in [0.15, 0.2) is 89.6 Å². The second-order valence-corrected chi connectivity index (χ2v) is 13.6. The molecule has 5 heterocycles. The van der Waals surface area contributed by atoms with Gasteiger partial charge in [-0.1, -0.05) is 60.7 Å². The van der Waals surface area contributed by atoms with Gasteiger partial charge in [-0.25, -0.2) is 4.98 Å². The first-order valence-electron chi connectivity index (χ1n) is 15.9. The van der Waals surface area contributed by atoms with Crippen molar-refractivity contribution in [3.8, 4) is 10.4 Å². The number of nitrogens with zero attached hydrogens (tertiary/aromatic N) is 6. The first-order chi connectivity index (χ1) is 22.4. The molecule has 1 amide bonds. The van der Waals surface area contributed by atoms with Crippen molar-refractivity contribution in [2.45, 2.75) is 50.8 Å². The predicted molar refractivity (Wildman–Crippen MR) is 179 cm³/mol. The highest BCUT2D eigenvalue weighted by molar-refractivity contribution is 7.15. The summed E-state index contributed by atoms with van der Waals surface area (Å²) in [5.74, 6) is 0.0719. The van der Waals surface area contributed by atoms with Gasteiger partial charge in [0, 0.05) is 55.8 Å². The van der Waals surface area contributed by atoms with Crippen molar-refractivity contribution >= 4 is 28.1 Å². The number of carbonyl (C=O) groups excluding carboxylic acids is 1. The van der Waals surface area contributed by atoms with Crippen LogP contribution in [0.4, 0.5) is 0 Å². The Labute approximate surface area is 272 Å². The van der Waals surface area contributed by atoms with Crippen molar-refractivity contribution in [3.05, 3.63) is 112 Å². The molecule has 46 heavy (non-hydrogen) atoms. The van der Waals surface area contributed by atoms with E-state index >= 15 is 0 Å². The molecule has 1 N–H and O–H groups in total. The van der Waals surface area contributed by atoms with Crippen LogP contribution < -0.4 is 5.56 Å². The maximum atomic E-state index is 14.1. The van der Waals surface area contributed by atoms with Crippen LogP contribution in [-0.4, -0.2) is 72.1 Å². The fraction of sp³-hybridized carbons (Fsp3) is 0.361. The number of aliphatic hydroxyl groups is 1. The molecule has 2 fully saturated rings. The number of thiophene rings is 1. The summed E-state index contributed by atoms with van der Waals surface area (Å²) in [6.07, 6.45) is 6.76. The summed E-state index contributed by atoms with van der Waals surface area (Å²) in [5, 5.41) is 14.0. The molecule has 3 aromatic heterocycles. The lowest BCUT2D eigenvalue weighted by Gasteiger charge is -2.43. The number of carbonyl (C=O) groups is 1. The lowest BCUT2D eigenvalue weighted by atomic mass is 9.79. The van der Waals surface area contributed by atoms with Crippen molar-refractivity contribution in [2.24, 2.45) is 5.92 Å². The molecule has 7 rings (SSSR count). The quantitative estimate of drug-likeness (QED) is 0.272. The molecule has 2 atom stereocenters. The average Bonchev–Trinajstić information content (AvgIpc) is 3.53. The van der Waals surface area contributed by atoms with Crippen molar-refractivity contribution < 1.29 is 9.90 Å². The van der Waals surface area contributed by atoms with Crippen LogP contribution in [0.2, 0.25) is 0 Å². The molecule has 5 aromatic rings. The fourth-order valence-corrected chi connectivity index (χ4v) is 7.95. The smallest absolute Gasteiger partial charge is 0.262 e. The predicted octanol–water partition coefficient (Wildman–Crippen LogP) is 4.88. The highest BCUT2D eigenvalue weighted by Gasteiger charge is 2.41. The molecule has 0 unspecified atom stereocenters. The van der Waals surface area contributed by atoms with Crippen LogP contribution in [0.25, 0.3) is 21.3 Å². The molecule has 0 bridgehead atoms. The molecule has 0 spiro atoms. The van der Waals surface area contributed by atoms with Crippen LogP contribution >= 0.6 is 11.3 Å². The van der Waals surface area contributed by atoms with E-state index in [0.29, 0.717) is 43.4 Å². The number of amides is 1. The second kappa shape index (κ2) is 12.9. The molecule has 9 nitrogen and oxygen atoms in total. The average molecular weight is 635 g/mol. The molecule has 2 aliphatic heterocycles. The van der Waals surface area contributed by atoms with Gasteiger partial charge in [0.15, 0.2) is 0 Å². The van der Waals surface area contributed by atoms with Gasteiger partial charge in [-0.2, -0.15) is 0 Å². The van der Waals surface area contributed by atoms with Crippen molar-refractivity contribution in [1.29, 1.82) is 0 Å². The lowest BCUT2D eigenvalue weighted by Crippen LogP contribution is -2.53. The van der Waals surface area contributed by atoms with Gasteiger partial charge < -0.3 is 10.0 Å². The molecule has 236 valence electrons. The van der Waals surface area contributed by atoms with Gasteiger partial charge >= 0.3 is 0 Å². The number of piperidine rings is 2. The molecule has 2 aliphatic rings. The zero-order chi connectivity index (χ0) is 31.7. The van der Waals surface area contributed by atoms with Gasteiger partial charge in [0.25, 0.3) is 5.56 Å². The number of hydrogen-bond donors (Lipinski definition) is 1. The van der Waals surface area contributed by atoms with E-state index in [0.717, 1.165) is 41.3 Å². The molecular weight excluding hydrogens is 597 g/mol. The SMILES string of the molecule is Cc1cnc(CN2CC[C@@H](C(=O)N3CCC(O)(Cn4cnc5c(-c6ccccc6)scc5c4=O)CC3)[C@H](c3ccccc3)C2)cn1. The second-order valence-electron chi connectivity index (χ2n) is 12.7. The maximum Gasteiger partial charge on any atom is 0.262 e. The minimum Gasteiger partial charge on any atom is -0.388 e. The highest BCUT2D eigenvalue weighted by atomic mass is 32.1. The van der Waals surface area contributed by atoms with Crippen molar-refractivity contribution in [1.82, 2.24) is 29.3 Å². The lowest BCUT2D eigenvalue weighted by molar-refractivity contribution is -0.142. The third-order valence-electron chi connectivity index (χ3n) is 9.55. The number of aromatic nitrogens is 4. The zero-order valence-corrected chi connectivity index (χ0v) is 26.8. The molecule has 2 aromatic carbocycles. The third kappa shape index (κ3) is 6.25. The van der Waals surface area contributed by atoms with Crippen molar-refractivity contribution in [3.63, 3.8) is 0 Å². The van der Waals surface area contributed by atoms with E-state index in [1.807, 2.05) is 71.9 Å². The highest BCUT2D eigenvalue weighted by Crippen LogP contribution is 2.36. The van der Waals surface area contributed by atoms with Crippen LogP contribution in [-0.2, 0) is 17.9 Å². The molecule has 0 saturated carbocycles. The van der Waals surface area contributed by atoms with E-state index in [1.165, 1.54) is 21.5 Å². The van der Waals surface area contributed by atoms with Crippen LogP contribution in [0.3, 0.4) is 0 Å². The summed E-state index contributed by atoms with van der Waals surface area (Å²) in [4.78, 5) is 46.4. The Hall–Kier alpha value is -4.25. The van der Waals surface area contributed by atoms with Gasteiger partial charge in [0.2, 0.25) is 5.91 Å². The monoisotopic (exact) mass is 634 g/mol. The number of benzene rings is 2. The van der Waals surface area contributed by atoms with Gasteiger partial charge in [0.05, 0.1) is 45.6 Å². The van der Waals surface area contributed by atoms with Gasteiger partial charge in [-0.3, -0.25) is 29.0 Å². The van der Waals surface area contributed by atoms with Crippen LogP contribution in [0.5, 0.6) is 0 Å². The van der Waals surface area contributed by atoms with E-state index in [2.05, 4.69) is 32.0 Å². The van der Waals surface area contributed by atoms with E-state index in [1.54, 1.807) is 12.5 Å². The fourth-order valence-electron chi connectivity index (χ4n) is 6.95. The number of fused-ring (bicyclic) bond motifs is 1. The number of aryl methyl sites for hydroxylation is 1. The molecule has 0 aliphatic carbocycles. The summed E-state index contributed by atoms with van der Waals surface area (Å²) in [5.41, 5.74) is 3.48. The summed E-state index contributed by atoms with van der Waals surface area (Å²) in [6.45, 7) is 5.27. The topological polar surface area (TPSA) is 104 Å². The Balaban J connectivity index is 1.03. The van der Waals surface area contributed by atoms with E-state index in [-0.39, 0.29) is 29.8 Å². The minimum atomic E-state index is -1.09. The van der Waals surface area contributed by atoms with Crippen LogP contribution in [0, 0.1) is 12.8 Å². The first-order valence-corrected chi connectivity index (χ1v) is 16.8. The van der Waals surface area contributed by atoms with E-state index < -0.39 is 5.60 Å². The number of rotatable bonds is 7. The standard InChI is InChI=1S/C36H38N6O3S/c1-25-18-38-28(19-37-25)20-40-15-12-29(30(21-40)26-8-4-2-5-9-26)34(43)41-16-13-36(45,14-17-41)23-42-24-39-32-31(35(42)44)22-46-33(32)27-10-6-3-7-11-27/h2-11,18-19,22,24,29-30,45H,12-17,20-21,23H2,1H3/t29-,30+/m1/s1. The largest absolute Gasteiger partial charge is 0.388 e.